The van der Waals surface area contributed by atoms with Crippen molar-refractivity contribution in [3.05, 3.63) is 41.7 Å². The van der Waals surface area contributed by atoms with E-state index in [9.17, 15) is 19.5 Å². The van der Waals surface area contributed by atoms with Crippen molar-refractivity contribution >= 4 is 52.6 Å². The summed E-state index contributed by atoms with van der Waals surface area (Å²) in [5, 5.41) is 27.4. The zero-order valence-electron chi connectivity index (χ0n) is 19.5. The van der Waals surface area contributed by atoms with E-state index >= 15 is 0 Å². The summed E-state index contributed by atoms with van der Waals surface area (Å²) in [5.74, 6) is -2.91. The number of aliphatic carboxylic acids is 2. The van der Waals surface area contributed by atoms with E-state index in [0.29, 0.717) is 23.4 Å². The van der Waals surface area contributed by atoms with Gasteiger partial charge in [-0.15, -0.1) is 0 Å². The van der Waals surface area contributed by atoms with E-state index in [1.165, 1.54) is 12.1 Å². The molecule has 0 unspecified atom stereocenters. The fourth-order valence-corrected chi connectivity index (χ4v) is 3.03. The highest BCUT2D eigenvalue weighted by Gasteiger charge is 2.21. The zero-order chi connectivity index (χ0) is 27.7. The number of anilines is 3. The van der Waals surface area contributed by atoms with E-state index in [0.717, 1.165) is 5.69 Å². The number of nitrogens with two attached hydrogens (primary N) is 3. The van der Waals surface area contributed by atoms with Crippen LogP contribution in [0.5, 0.6) is 0 Å². The first-order valence-electron chi connectivity index (χ1n) is 10.5. The molecule has 1 aromatic carbocycles. The molecule has 0 aliphatic rings. The number of hydrogen-bond acceptors (Lipinski definition) is 11. The molecule has 16 nitrogen and oxygen atoms in total. The minimum absolute atomic E-state index is 0.0138. The van der Waals surface area contributed by atoms with Gasteiger partial charge in [-0.05, 0) is 30.7 Å². The van der Waals surface area contributed by atoms with Gasteiger partial charge in [-0.2, -0.15) is 9.97 Å². The molecule has 1 atom stereocenters. The lowest BCUT2D eigenvalue weighted by Gasteiger charge is -2.19. The number of nitrogens with zero attached hydrogens (tertiary/aromatic N) is 5. The highest BCUT2D eigenvalue weighted by molar-refractivity contribution is 5.97. The standard InChI is InChI=1S/C20H22N8O5.CH3NO2/c1-28(9-11-8-23-17-15(24-11)16(21)26-20(22)27-17)12-4-2-10(3-5-12)18(31)25-13(19(32)33)6-7-14(29)30;2-1(3)4/h2-5,8,13H,6-7,9H2,1H3,(H,25,31)(H,29,30)(H,32,33)(H4,21,22,23,26,27);2H2,(H,3,4)/t13-;/m0./s1. The number of carbonyl (C=O) groups excluding carboxylic acids is 1. The highest BCUT2D eigenvalue weighted by atomic mass is 16.4. The minimum Gasteiger partial charge on any atom is -0.481 e. The van der Waals surface area contributed by atoms with Gasteiger partial charge in [-0.3, -0.25) is 9.59 Å². The van der Waals surface area contributed by atoms with Crippen molar-refractivity contribution in [2.24, 2.45) is 5.73 Å². The summed E-state index contributed by atoms with van der Waals surface area (Å²) in [4.78, 5) is 61.5. The third kappa shape index (κ3) is 8.46. The van der Waals surface area contributed by atoms with Crippen molar-refractivity contribution in [2.75, 3.05) is 23.4 Å². The first kappa shape index (κ1) is 28.0. The monoisotopic (exact) mass is 515 g/mol. The molecule has 2 heterocycles. The van der Waals surface area contributed by atoms with Crippen LogP contribution in [-0.4, -0.2) is 72.3 Å². The Hall–Kier alpha value is -5.28. The molecule has 16 heteroatoms. The fourth-order valence-electron chi connectivity index (χ4n) is 3.03. The first-order valence-corrected chi connectivity index (χ1v) is 10.5. The summed E-state index contributed by atoms with van der Waals surface area (Å²) in [6, 6.07) is 5.16. The molecular formula is C21H25N9O7. The number of nitrogen functional groups attached to an aromatic ring is 2. The number of carbonyl (C=O) groups is 4. The maximum absolute atomic E-state index is 12.4. The Morgan fingerprint density at radius 1 is 1.03 bits per heavy atom. The summed E-state index contributed by atoms with van der Waals surface area (Å²) in [7, 11) is 1.82. The van der Waals surface area contributed by atoms with Crippen LogP contribution in [0.1, 0.15) is 28.9 Å². The smallest absolute Gasteiger partial charge is 0.402 e. The van der Waals surface area contributed by atoms with E-state index < -0.39 is 30.0 Å². The molecule has 0 spiro atoms. The van der Waals surface area contributed by atoms with Gasteiger partial charge in [0.05, 0.1) is 18.4 Å². The largest absolute Gasteiger partial charge is 0.481 e. The zero-order valence-corrected chi connectivity index (χ0v) is 19.5. The molecule has 0 aliphatic heterocycles. The molecular weight excluding hydrogens is 490 g/mol. The summed E-state index contributed by atoms with van der Waals surface area (Å²) >= 11 is 0. The number of carboxylic acids is 2. The van der Waals surface area contributed by atoms with Crippen molar-refractivity contribution < 1.29 is 34.5 Å². The first-order chi connectivity index (χ1) is 17.4. The van der Waals surface area contributed by atoms with Crippen molar-refractivity contribution in [3.63, 3.8) is 0 Å². The minimum atomic E-state index is -1.33. The van der Waals surface area contributed by atoms with Crippen LogP contribution in [-0.2, 0) is 16.1 Å². The second-order valence-electron chi connectivity index (χ2n) is 7.54. The Labute approximate surface area is 209 Å². The second-order valence-corrected chi connectivity index (χ2v) is 7.54. The maximum Gasteiger partial charge on any atom is 0.402 e. The van der Waals surface area contributed by atoms with E-state index in [1.807, 2.05) is 11.9 Å². The molecule has 0 aliphatic carbocycles. The fraction of sp³-hybridized carbons (Fsp3) is 0.238. The van der Waals surface area contributed by atoms with Gasteiger partial charge in [0.2, 0.25) is 5.95 Å². The third-order valence-electron chi connectivity index (χ3n) is 4.72. The predicted octanol–water partition coefficient (Wildman–Crippen LogP) is -0.108. The van der Waals surface area contributed by atoms with E-state index in [-0.39, 0.29) is 30.2 Å². The van der Waals surface area contributed by atoms with Crippen LogP contribution < -0.4 is 27.4 Å². The molecule has 196 valence electrons. The van der Waals surface area contributed by atoms with Gasteiger partial charge < -0.3 is 42.7 Å². The van der Waals surface area contributed by atoms with Crippen molar-refractivity contribution in [3.8, 4) is 0 Å². The van der Waals surface area contributed by atoms with Gasteiger partial charge in [0.1, 0.15) is 6.04 Å². The van der Waals surface area contributed by atoms with Crippen molar-refractivity contribution in [1.29, 1.82) is 0 Å². The highest BCUT2D eigenvalue weighted by Crippen LogP contribution is 2.19. The Balaban J connectivity index is 0.00000112. The number of rotatable bonds is 9. The van der Waals surface area contributed by atoms with E-state index in [1.54, 1.807) is 18.3 Å². The van der Waals surface area contributed by atoms with Gasteiger partial charge in [0.25, 0.3) is 5.91 Å². The molecule has 3 aromatic rings. The van der Waals surface area contributed by atoms with Gasteiger partial charge in [-0.25, -0.2) is 19.6 Å². The molecule has 0 saturated carbocycles. The molecule has 0 fully saturated rings. The van der Waals surface area contributed by atoms with Crippen molar-refractivity contribution in [2.45, 2.75) is 25.4 Å². The van der Waals surface area contributed by atoms with Crippen LogP contribution >= 0.6 is 0 Å². The lowest BCUT2D eigenvalue weighted by atomic mass is 10.1. The SMILES string of the molecule is CN(Cc1cnc2nc(N)nc(N)c2n1)c1ccc(C(=O)N[C@@H](CCC(=O)O)C(=O)O)cc1.NC(=O)O. The normalized spacial score (nSPS) is 11.1. The summed E-state index contributed by atoms with van der Waals surface area (Å²) in [6.07, 6.45) is -0.369. The van der Waals surface area contributed by atoms with Crippen LogP contribution in [0.2, 0.25) is 0 Å². The third-order valence-corrected chi connectivity index (χ3v) is 4.72. The molecule has 0 bridgehead atoms. The summed E-state index contributed by atoms with van der Waals surface area (Å²) in [6.45, 7) is 0.370. The number of nitrogens with one attached hydrogen (secondary N) is 1. The number of primary amides is 1. The average Bonchev–Trinajstić information content (AvgIpc) is 2.81. The molecule has 0 saturated heterocycles. The van der Waals surface area contributed by atoms with Crippen LogP contribution in [0, 0.1) is 0 Å². The molecule has 2 amide bonds. The lowest BCUT2D eigenvalue weighted by molar-refractivity contribution is -0.140. The van der Waals surface area contributed by atoms with Gasteiger partial charge >= 0.3 is 18.0 Å². The van der Waals surface area contributed by atoms with Gasteiger partial charge in [0.15, 0.2) is 17.0 Å². The second kappa shape index (κ2) is 12.4. The average molecular weight is 515 g/mol. The molecule has 2 aromatic heterocycles. The van der Waals surface area contributed by atoms with Gasteiger partial charge in [-0.1, -0.05) is 0 Å². The predicted molar refractivity (Wildman–Crippen MR) is 130 cm³/mol. The number of fused-ring (bicyclic) bond motifs is 1. The number of aromatic nitrogens is 4. The van der Waals surface area contributed by atoms with Crippen LogP contribution in [0.25, 0.3) is 11.2 Å². The number of hydrogen-bond donors (Lipinski definition) is 7. The Bertz CT molecular complexity index is 1300. The van der Waals surface area contributed by atoms with Crippen LogP contribution in [0.3, 0.4) is 0 Å². The lowest BCUT2D eigenvalue weighted by Crippen LogP contribution is -2.41. The Morgan fingerprint density at radius 2 is 1.65 bits per heavy atom. The number of carboxylic acid groups (broad SMARTS) is 3. The Kier molecular flexibility index (Phi) is 9.39. The van der Waals surface area contributed by atoms with Gasteiger partial charge in [0, 0.05) is 24.7 Å². The number of benzene rings is 1. The quantitative estimate of drug-likeness (QED) is 0.196. The summed E-state index contributed by atoms with van der Waals surface area (Å²) < 4.78 is 0. The summed E-state index contributed by atoms with van der Waals surface area (Å²) in [5.41, 5.74) is 17.7. The van der Waals surface area contributed by atoms with Crippen molar-refractivity contribution in [1.82, 2.24) is 25.3 Å². The van der Waals surface area contributed by atoms with Crippen LogP contribution in [0.4, 0.5) is 22.2 Å². The van der Waals surface area contributed by atoms with E-state index in [2.05, 4.69) is 31.0 Å². The molecule has 10 N–H and O–H groups in total. The van der Waals surface area contributed by atoms with Crippen LogP contribution in [0.15, 0.2) is 30.5 Å². The Morgan fingerprint density at radius 3 is 2.22 bits per heavy atom. The molecule has 0 radical (unpaired) electrons. The topological polar surface area (TPSA) is 274 Å². The van der Waals surface area contributed by atoms with E-state index in [4.69, 9.17) is 26.5 Å². The number of amides is 2. The molecule has 3 rings (SSSR count). The maximum atomic E-state index is 12.4. The molecule has 37 heavy (non-hydrogen) atoms.